The summed E-state index contributed by atoms with van der Waals surface area (Å²) in [6.07, 6.45) is 8.66. The molecule has 78 valence electrons. The summed E-state index contributed by atoms with van der Waals surface area (Å²) in [4.78, 5) is 0. The first kappa shape index (κ1) is 11.1. The molecular weight excluding hydrogens is 156 g/mol. The van der Waals surface area contributed by atoms with Crippen LogP contribution in [0.3, 0.4) is 0 Å². The van der Waals surface area contributed by atoms with E-state index in [4.69, 9.17) is 0 Å². The van der Waals surface area contributed by atoms with Crippen LogP contribution in [0, 0.1) is 17.3 Å². The van der Waals surface area contributed by atoms with Gasteiger partial charge in [0.2, 0.25) is 0 Å². The molecular formula is C13H26. The zero-order chi connectivity index (χ0) is 9.90. The molecule has 0 nitrogen and oxygen atoms in total. The minimum absolute atomic E-state index is 0.630. The van der Waals surface area contributed by atoms with Crippen molar-refractivity contribution in [2.24, 2.45) is 17.3 Å². The Hall–Kier alpha value is 0. The fourth-order valence-electron chi connectivity index (χ4n) is 2.93. The first-order valence-corrected chi connectivity index (χ1v) is 6.05. The average molecular weight is 182 g/mol. The van der Waals surface area contributed by atoms with Crippen LogP contribution in [0.4, 0.5) is 0 Å². The quantitative estimate of drug-likeness (QED) is 0.596. The SMILES string of the molecule is CCCC(C)C1CCCC(C)(C)C1. The van der Waals surface area contributed by atoms with Gasteiger partial charge in [-0.2, -0.15) is 0 Å². The van der Waals surface area contributed by atoms with Gasteiger partial charge in [0, 0.05) is 0 Å². The van der Waals surface area contributed by atoms with E-state index in [1.165, 1.54) is 38.5 Å². The Morgan fingerprint density at radius 2 is 2.08 bits per heavy atom. The Labute approximate surface area is 84.1 Å². The van der Waals surface area contributed by atoms with Crippen molar-refractivity contribution < 1.29 is 0 Å². The Kier molecular flexibility index (Phi) is 3.82. The lowest BCUT2D eigenvalue weighted by atomic mass is 9.68. The van der Waals surface area contributed by atoms with Crippen molar-refractivity contribution in [3.8, 4) is 0 Å². The van der Waals surface area contributed by atoms with Crippen LogP contribution in [-0.4, -0.2) is 0 Å². The van der Waals surface area contributed by atoms with Gasteiger partial charge in [-0.25, -0.2) is 0 Å². The zero-order valence-electron chi connectivity index (χ0n) is 9.90. The molecule has 0 radical (unpaired) electrons. The maximum Gasteiger partial charge on any atom is -0.0351 e. The van der Waals surface area contributed by atoms with Gasteiger partial charge < -0.3 is 0 Å². The molecule has 1 fully saturated rings. The van der Waals surface area contributed by atoms with Crippen LogP contribution in [0.5, 0.6) is 0 Å². The first-order valence-electron chi connectivity index (χ1n) is 6.05. The normalized spacial score (nSPS) is 30.0. The number of rotatable bonds is 3. The fourth-order valence-corrected chi connectivity index (χ4v) is 2.93. The highest BCUT2D eigenvalue weighted by atomic mass is 14.4. The smallest absolute Gasteiger partial charge is 0.0351 e. The fraction of sp³-hybridized carbons (Fsp3) is 1.00. The second-order valence-corrected chi connectivity index (χ2v) is 5.79. The van der Waals surface area contributed by atoms with Gasteiger partial charge in [0.05, 0.1) is 0 Å². The van der Waals surface area contributed by atoms with Gasteiger partial charge in [0.15, 0.2) is 0 Å². The Balaban J connectivity index is 2.42. The lowest BCUT2D eigenvalue weighted by Gasteiger charge is -2.38. The maximum absolute atomic E-state index is 2.45. The van der Waals surface area contributed by atoms with Gasteiger partial charge in [0.1, 0.15) is 0 Å². The molecule has 0 amide bonds. The summed E-state index contributed by atoms with van der Waals surface area (Å²) in [5, 5.41) is 0. The predicted octanol–water partition coefficient (Wildman–Crippen LogP) is 4.64. The number of hydrogen-bond acceptors (Lipinski definition) is 0. The lowest BCUT2D eigenvalue weighted by Crippen LogP contribution is -2.26. The van der Waals surface area contributed by atoms with Crippen molar-refractivity contribution in [2.45, 2.75) is 66.2 Å². The zero-order valence-corrected chi connectivity index (χ0v) is 9.90. The van der Waals surface area contributed by atoms with Crippen LogP contribution < -0.4 is 0 Å². The average Bonchev–Trinajstić information content (AvgIpc) is 2.03. The van der Waals surface area contributed by atoms with Crippen LogP contribution in [0.15, 0.2) is 0 Å². The summed E-state index contributed by atoms with van der Waals surface area (Å²) in [7, 11) is 0. The van der Waals surface area contributed by atoms with E-state index in [2.05, 4.69) is 27.7 Å². The third-order valence-corrected chi connectivity index (χ3v) is 3.79. The van der Waals surface area contributed by atoms with Gasteiger partial charge in [-0.1, -0.05) is 53.4 Å². The van der Waals surface area contributed by atoms with Crippen molar-refractivity contribution in [2.75, 3.05) is 0 Å². The maximum atomic E-state index is 2.45. The van der Waals surface area contributed by atoms with Gasteiger partial charge in [-0.15, -0.1) is 0 Å². The van der Waals surface area contributed by atoms with E-state index in [0.717, 1.165) is 11.8 Å². The summed E-state index contributed by atoms with van der Waals surface area (Å²) in [5.41, 5.74) is 0.630. The molecule has 1 aliphatic carbocycles. The molecule has 13 heavy (non-hydrogen) atoms. The minimum Gasteiger partial charge on any atom is -0.0654 e. The highest BCUT2D eigenvalue weighted by Crippen LogP contribution is 2.42. The third kappa shape index (κ3) is 3.32. The van der Waals surface area contributed by atoms with Crippen LogP contribution in [0.25, 0.3) is 0 Å². The van der Waals surface area contributed by atoms with Crippen molar-refractivity contribution >= 4 is 0 Å². The molecule has 0 spiro atoms. The highest BCUT2D eigenvalue weighted by Gasteiger charge is 2.30. The molecule has 0 heteroatoms. The Bertz CT molecular complexity index is 146. The van der Waals surface area contributed by atoms with Gasteiger partial charge in [-0.05, 0) is 30.1 Å². The molecule has 0 heterocycles. The van der Waals surface area contributed by atoms with Crippen LogP contribution in [0.1, 0.15) is 66.2 Å². The van der Waals surface area contributed by atoms with E-state index < -0.39 is 0 Å². The second-order valence-electron chi connectivity index (χ2n) is 5.79. The largest absolute Gasteiger partial charge is 0.0654 e. The predicted molar refractivity (Wildman–Crippen MR) is 59.8 cm³/mol. The molecule has 0 aliphatic heterocycles. The molecule has 0 saturated heterocycles. The van der Waals surface area contributed by atoms with Crippen LogP contribution >= 0.6 is 0 Å². The number of hydrogen-bond donors (Lipinski definition) is 0. The Morgan fingerprint density at radius 3 is 2.62 bits per heavy atom. The molecule has 0 N–H and O–H groups in total. The molecule has 0 aromatic heterocycles. The lowest BCUT2D eigenvalue weighted by molar-refractivity contribution is 0.136. The van der Waals surface area contributed by atoms with Crippen LogP contribution in [-0.2, 0) is 0 Å². The van der Waals surface area contributed by atoms with Crippen molar-refractivity contribution in [3.63, 3.8) is 0 Å². The van der Waals surface area contributed by atoms with Gasteiger partial charge in [-0.3, -0.25) is 0 Å². The van der Waals surface area contributed by atoms with Crippen molar-refractivity contribution in [3.05, 3.63) is 0 Å². The van der Waals surface area contributed by atoms with E-state index >= 15 is 0 Å². The summed E-state index contributed by atoms with van der Waals surface area (Å²) in [6.45, 7) is 9.65. The first-order chi connectivity index (χ1) is 6.05. The van der Waals surface area contributed by atoms with Crippen molar-refractivity contribution in [1.29, 1.82) is 0 Å². The third-order valence-electron chi connectivity index (χ3n) is 3.79. The monoisotopic (exact) mass is 182 g/mol. The molecule has 1 aliphatic rings. The van der Waals surface area contributed by atoms with Crippen LogP contribution in [0.2, 0.25) is 0 Å². The van der Waals surface area contributed by atoms with Crippen molar-refractivity contribution in [1.82, 2.24) is 0 Å². The van der Waals surface area contributed by atoms with Gasteiger partial charge >= 0.3 is 0 Å². The van der Waals surface area contributed by atoms with E-state index in [0.29, 0.717) is 5.41 Å². The molecule has 1 rings (SSSR count). The van der Waals surface area contributed by atoms with E-state index in [-0.39, 0.29) is 0 Å². The topological polar surface area (TPSA) is 0 Å². The standard InChI is InChI=1S/C13H26/c1-5-7-11(2)12-8-6-9-13(3,4)10-12/h11-12H,5-10H2,1-4H3. The molecule has 0 aromatic carbocycles. The van der Waals surface area contributed by atoms with E-state index in [1.54, 1.807) is 0 Å². The summed E-state index contributed by atoms with van der Waals surface area (Å²) < 4.78 is 0. The molecule has 1 saturated carbocycles. The summed E-state index contributed by atoms with van der Waals surface area (Å²) in [5.74, 6) is 1.98. The summed E-state index contributed by atoms with van der Waals surface area (Å²) in [6, 6.07) is 0. The summed E-state index contributed by atoms with van der Waals surface area (Å²) >= 11 is 0. The second kappa shape index (κ2) is 4.48. The molecule has 2 atom stereocenters. The van der Waals surface area contributed by atoms with E-state index in [1.807, 2.05) is 0 Å². The molecule has 0 aromatic rings. The molecule has 0 bridgehead atoms. The minimum atomic E-state index is 0.630. The van der Waals surface area contributed by atoms with Gasteiger partial charge in [0.25, 0.3) is 0 Å². The Morgan fingerprint density at radius 1 is 1.38 bits per heavy atom. The molecule has 2 unspecified atom stereocenters. The van der Waals surface area contributed by atoms with E-state index in [9.17, 15) is 0 Å². The highest BCUT2D eigenvalue weighted by molar-refractivity contribution is 4.81.